The molecule has 34 heavy (non-hydrogen) atoms. The lowest BCUT2D eigenvalue weighted by atomic mass is 10.00. The van der Waals surface area contributed by atoms with Crippen LogP contribution < -0.4 is 31.7 Å². The van der Waals surface area contributed by atoms with Crippen LogP contribution in [0.25, 0.3) is 65.2 Å². The minimum Gasteiger partial charge on any atom is -0.289 e. The molecule has 158 valence electrons. The maximum atomic E-state index is 13.4. The smallest absolute Gasteiger partial charge is 0.288 e. The predicted molar refractivity (Wildman–Crippen MR) is 132 cm³/mol. The molecule has 0 saturated carbocycles. The monoisotopic (exact) mass is 442 g/mol. The Labute approximate surface area is 189 Å². The summed E-state index contributed by atoms with van der Waals surface area (Å²) in [5.41, 5.74) is 1.39. The van der Waals surface area contributed by atoms with E-state index in [-0.39, 0.29) is 21.7 Å². The molecular formula is C28H14N2O4+2. The number of H-pyrrole nitrogens is 2. The number of hydrogen-bond donors (Lipinski definition) is 0. The Balaban J connectivity index is 1.70. The number of aromatic amines is 2. The van der Waals surface area contributed by atoms with Crippen LogP contribution >= 0.6 is 0 Å². The van der Waals surface area contributed by atoms with Gasteiger partial charge < -0.3 is 0 Å². The fraction of sp³-hybridized carbons (Fsp3) is 0. The van der Waals surface area contributed by atoms with Gasteiger partial charge in [-0.2, -0.15) is 9.97 Å². The van der Waals surface area contributed by atoms with E-state index >= 15 is 0 Å². The summed E-state index contributed by atoms with van der Waals surface area (Å²) >= 11 is 0. The quantitative estimate of drug-likeness (QED) is 0.266. The molecule has 1 heterocycles. The van der Waals surface area contributed by atoms with Gasteiger partial charge >= 0.3 is 0 Å². The van der Waals surface area contributed by atoms with E-state index in [1.54, 1.807) is 72.8 Å². The Hall–Kier alpha value is -4.84. The summed E-state index contributed by atoms with van der Waals surface area (Å²) in [4.78, 5) is 59.2. The summed E-state index contributed by atoms with van der Waals surface area (Å²) in [6, 6.07) is 20.3. The van der Waals surface area contributed by atoms with Crippen molar-refractivity contribution in [3.05, 3.63) is 114 Å². The van der Waals surface area contributed by atoms with Crippen LogP contribution in [0.5, 0.6) is 0 Å². The van der Waals surface area contributed by atoms with Crippen molar-refractivity contribution in [1.82, 2.24) is 0 Å². The van der Waals surface area contributed by atoms with E-state index in [1.807, 2.05) is 0 Å². The van der Waals surface area contributed by atoms with Crippen molar-refractivity contribution in [3.8, 4) is 0 Å². The molecular weight excluding hydrogens is 428 g/mol. The molecule has 0 unspecified atom stereocenters. The predicted octanol–water partition coefficient (Wildman–Crippen LogP) is 2.55. The first-order valence-electron chi connectivity index (χ1n) is 10.8. The highest BCUT2D eigenvalue weighted by molar-refractivity contribution is 6.08. The number of rotatable bonds is 0. The Bertz CT molecular complexity index is 2230. The second-order valence-electron chi connectivity index (χ2n) is 8.51. The standard InChI is InChI=1S/C28H12N2O4/c31-25-15-7-3-4-8-16(15)28(34)23-17(25)9-10-20-24(23)30-22-12-19-18(11-21(22)29-20)26(32)13-5-1-2-6-14(13)27(19)33/h1-12H/p+2. The van der Waals surface area contributed by atoms with E-state index < -0.39 is 0 Å². The average Bonchev–Trinajstić information content (AvgIpc) is 2.88. The second kappa shape index (κ2) is 6.36. The molecule has 0 bridgehead atoms. The van der Waals surface area contributed by atoms with E-state index in [9.17, 15) is 19.2 Å². The van der Waals surface area contributed by atoms with Crippen LogP contribution in [0, 0.1) is 0 Å². The van der Waals surface area contributed by atoms with Crippen LogP contribution in [0.15, 0.2) is 92.0 Å². The van der Waals surface area contributed by atoms with Crippen LogP contribution in [0.4, 0.5) is 0 Å². The van der Waals surface area contributed by atoms with Crippen LogP contribution in [0.3, 0.4) is 0 Å². The van der Waals surface area contributed by atoms with Gasteiger partial charge in [0.2, 0.25) is 5.43 Å². The lowest BCUT2D eigenvalue weighted by molar-refractivity contribution is -0.360. The Morgan fingerprint density at radius 2 is 0.882 bits per heavy atom. The summed E-state index contributed by atoms with van der Waals surface area (Å²) in [5, 5.41) is 2.78. The molecule has 0 aliphatic rings. The Morgan fingerprint density at radius 1 is 0.412 bits per heavy atom. The second-order valence-corrected chi connectivity index (χ2v) is 8.51. The van der Waals surface area contributed by atoms with Crippen molar-refractivity contribution in [2.45, 2.75) is 0 Å². The van der Waals surface area contributed by atoms with Gasteiger partial charge in [-0.05, 0) is 6.07 Å². The van der Waals surface area contributed by atoms with E-state index in [1.165, 1.54) is 0 Å². The first kappa shape index (κ1) is 18.7. The molecule has 0 amide bonds. The number of benzene rings is 6. The third kappa shape index (κ3) is 2.29. The zero-order valence-corrected chi connectivity index (χ0v) is 17.6. The van der Waals surface area contributed by atoms with Gasteiger partial charge in [0.15, 0.2) is 16.3 Å². The van der Waals surface area contributed by atoms with Gasteiger partial charge in [0.25, 0.3) is 22.1 Å². The van der Waals surface area contributed by atoms with Crippen LogP contribution in [-0.4, -0.2) is 0 Å². The van der Waals surface area contributed by atoms with Gasteiger partial charge in [0, 0.05) is 55.9 Å². The van der Waals surface area contributed by atoms with E-state index in [0.29, 0.717) is 65.2 Å². The molecule has 6 heteroatoms. The fourth-order valence-electron chi connectivity index (χ4n) is 5.05. The number of nitrogens with one attached hydrogen (secondary N) is 2. The molecule has 1 aromatic heterocycles. The van der Waals surface area contributed by atoms with Gasteiger partial charge in [-0.15, -0.1) is 0 Å². The molecule has 0 atom stereocenters. The topological polar surface area (TPSA) is 96.6 Å². The fourth-order valence-corrected chi connectivity index (χ4v) is 5.05. The minimum atomic E-state index is -0.238. The zero-order valence-electron chi connectivity index (χ0n) is 17.6. The zero-order chi connectivity index (χ0) is 23.1. The number of aromatic nitrogens is 2. The van der Waals surface area contributed by atoms with Gasteiger partial charge in [0.1, 0.15) is 5.39 Å². The molecule has 2 N–H and O–H groups in total. The summed E-state index contributed by atoms with van der Waals surface area (Å²) in [7, 11) is 0. The van der Waals surface area contributed by atoms with Crippen molar-refractivity contribution >= 4 is 65.2 Å². The third-order valence-electron chi connectivity index (χ3n) is 6.69. The van der Waals surface area contributed by atoms with E-state index in [2.05, 4.69) is 9.97 Å². The van der Waals surface area contributed by atoms with Crippen molar-refractivity contribution in [1.29, 1.82) is 0 Å². The Morgan fingerprint density at radius 3 is 1.44 bits per heavy atom. The Kier molecular flexibility index (Phi) is 3.50. The van der Waals surface area contributed by atoms with E-state index in [4.69, 9.17) is 0 Å². The van der Waals surface area contributed by atoms with Gasteiger partial charge in [-0.25, -0.2) is 0 Å². The lowest BCUT2D eigenvalue weighted by Crippen LogP contribution is -2.22. The molecule has 7 rings (SSSR count). The largest absolute Gasteiger partial charge is 0.289 e. The third-order valence-corrected chi connectivity index (χ3v) is 6.69. The highest BCUT2D eigenvalue weighted by Gasteiger charge is 2.23. The molecule has 0 aliphatic heterocycles. The highest BCUT2D eigenvalue weighted by atomic mass is 16.1. The lowest BCUT2D eigenvalue weighted by Gasteiger charge is -2.01. The first-order chi connectivity index (χ1) is 16.5. The normalized spacial score (nSPS) is 12.0. The molecule has 6 aromatic carbocycles. The maximum Gasteiger partial charge on any atom is 0.288 e. The first-order valence-corrected chi connectivity index (χ1v) is 10.8. The number of fused-ring (bicyclic) bond motifs is 7. The minimum absolute atomic E-state index is 0.205. The number of hydrogen-bond acceptors (Lipinski definition) is 4. The SMILES string of the molecule is O=c1c2ccccc2c(=O)c2cc3[nH+]c4c(ccc5c(=O)c6ccccc6c(=O)c54)[nH+]c3cc12. The van der Waals surface area contributed by atoms with Crippen molar-refractivity contribution in [2.75, 3.05) is 0 Å². The molecule has 7 aromatic rings. The van der Waals surface area contributed by atoms with Crippen LogP contribution in [-0.2, 0) is 0 Å². The van der Waals surface area contributed by atoms with Gasteiger partial charge in [-0.3, -0.25) is 19.2 Å². The van der Waals surface area contributed by atoms with Gasteiger partial charge in [0.05, 0.1) is 0 Å². The maximum absolute atomic E-state index is 13.4. The summed E-state index contributed by atoms with van der Waals surface area (Å²) in [5.74, 6) is 0. The summed E-state index contributed by atoms with van der Waals surface area (Å²) in [6.07, 6.45) is 0. The van der Waals surface area contributed by atoms with Crippen molar-refractivity contribution < 1.29 is 9.97 Å². The molecule has 0 radical (unpaired) electrons. The highest BCUT2D eigenvalue weighted by Crippen LogP contribution is 2.21. The summed E-state index contributed by atoms with van der Waals surface area (Å²) < 4.78 is 0. The van der Waals surface area contributed by atoms with Crippen molar-refractivity contribution in [3.63, 3.8) is 0 Å². The van der Waals surface area contributed by atoms with Crippen molar-refractivity contribution in [2.24, 2.45) is 0 Å². The molecule has 0 saturated heterocycles. The average molecular weight is 442 g/mol. The van der Waals surface area contributed by atoms with Crippen LogP contribution in [0.1, 0.15) is 0 Å². The molecule has 6 nitrogen and oxygen atoms in total. The molecule has 0 fully saturated rings. The van der Waals surface area contributed by atoms with Gasteiger partial charge in [-0.1, -0.05) is 48.5 Å². The molecule has 0 spiro atoms. The molecule has 0 aliphatic carbocycles. The summed E-state index contributed by atoms with van der Waals surface area (Å²) in [6.45, 7) is 0. The van der Waals surface area contributed by atoms with E-state index in [0.717, 1.165) is 0 Å². The van der Waals surface area contributed by atoms with Crippen LogP contribution in [0.2, 0.25) is 0 Å².